The molecule has 0 unspecified atom stereocenters. The molecule has 0 radical (unpaired) electrons. The van der Waals surface area contributed by atoms with Gasteiger partial charge in [0.25, 0.3) is 0 Å². The Morgan fingerprint density at radius 2 is 1.44 bits per heavy atom. The number of carbonyl (C=O) groups excluding carboxylic acids is 1. The number of benzene rings is 3. The highest BCUT2D eigenvalue weighted by atomic mass is 35.5. The van der Waals surface area contributed by atoms with E-state index in [1.807, 2.05) is 30.3 Å². The fraction of sp³-hybridized carbons (Fsp3) is 0.136. The van der Waals surface area contributed by atoms with Gasteiger partial charge in [-0.2, -0.15) is 0 Å². The van der Waals surface area contributed by atoms with E-state index in [2.05, 4.69) is 41.8 Å². The largest absolute Gasteiger partial charge is 0.322 e. The minimum atomic E-state index is -0.210. The van der Waals surface area contributed by atoms with Crippen LogP contribution in [0.25, 0.3) is 0 Å². The van der Waals surface area contributed by atoms with Crippen LogP contribution in [0.2, 0.25) is 10.0 Å². The van der Waals surface area contributed by atoms with Crippen molar-refractivity contribution < 1.29 is 4.79 Å². The van der Waals surface area contributed by atoms with Crippen molar-refractivity contribution in [3.63, 3.8) is 0 Å². The summed E-state index contributed by atoms with van der Waals surface area (Å²) in [5, 5.41) is 6.94. The van der Waals surface area contributed by atoms with Gasteiger partial charge in [-0.25, -0.2) is 0 Å². The first kappa shape index (κ1) is 19.4. The Kier molecular flexibility index (Phi) is 6.51. The van der Waals surface area contributed by atoms with Gasteiger partial charge in [0.05, 0.1) is 28.3 Å². The lowest BCUT2D eigenvalue weighted by atomic mass is 9.98. The highest BCUT2D eigenvalue weighted by Gasteiger charge is 2.16. The van der Waals surface area contributed by atoms with E-state index >= 15 is 0 Å². The van der Waals surface area contributed by atoms with Gasteiger partial charge in [-0.05, 0) is 30.2 Å². The number of hydrogen-bond donors (Lipinski definition) is 2. The normalized spacial score (nSPS) is 11.8. The summed E-state index contributed by atoms with van der Waals surface area (Å²) in [6, 6.07) is 23.3. The molecule has 0 saturated heterocycles. The smallest absolute Gasteiger partial charge is 0.238 e. The molecule has 0 saturated carbocycles. The molecule has 0 aliphatic rings. The van der Waals surface area contributed by atoms with Gasteiger partial charge < -0.3 is 5.32 Å². The molecule has 0 aromatic heterocycles. The predicted molar refractivity (Wildman–Crippen MR) is 113 cm³/mol. The molecular formula is C22H20Cl2N2O. The van der Waals surface area contributed by atoms with Gasteiger partial charge in [0.2, 0.25) is 5.91 Å². The number of para-hydroxylation sites is 1. The number of halogens is 2. The van der Waals surface area contributed by atoms with E-state index in [4.69, 9.17) is 23.2 Å². The van der Waals surface area contributed by atoms with Gasteiger partial charge in [0.1, 0.15) is 0 Å². The van der Waals surface area contributed by atoms with Crippen molar-refractivity contribution in [2.75, 3.05) is 11.9 Å². The van der Waals surface area contributed by atoms with Crippen LogP contribution in [-0.2, 0) is 4.79 Å². The van der Waals surface area contributed by atoms with Crippen LogP contribution < -0.4 is 10.6 Å². The zero-order valence-corrected chi connectivity index (χ0v) is 16.4. The summed E-state index contributed by atoms with van der Waals surface area (Å²) in [4.78, 5) is 12.4. The highest BCUT2D eigenvalue weighted by Crippen LogP contribution is 2.29. The summed E-state index contributed by atoms with van der Waals surface area (Å²) < 4.78 is 0. The Labute approximate surface area is 169 Å². The first-order chi connectivity index (χ1) is 13.0. The van der Waals surface area contributed by atoms with Gasteiger partial charge in [0.15, 0.2) is 0 Å². The summed E-state index contributed by atoms with van der Waals surface area (Å²) >= 11 is 12.2. The van der Waals surface area contributed by atoms with Crippen LogP contribution in [0.15, 0.2) is 72.8 Å². The number of aryl methyl sites for hydroxylation is 1. The van der Waals surface area contributed by atoms with E-state index in [0.29, 0.717) is 15.7 Å². The standard InChI is InChI=1S/C22H20Cl2N2O/c1-15-10-12-17(13-11-15)21(16-6-3-2-4-7-16)25-14-20(27)26-22-18(23)8-5-9-19(22)24/h2-13,21,25H,14H2,1H3,(H,26,27)/t21-/m0/s1. The molecule has 27 heavy (non-hydrogen) atoms. The minimum Gasteiger partial charge on any atom is -0.322 e. The second kappa shape index (κ2) is 9.05. The van der Waals surface area contributed by atoms with Crippen molar-refractivity contribution in [1.29, 1.82) is 0 Å². The molecule has 5 heteroatoms. The summed E-state index contributed by atoms with van der Waals surface area (Å²) in [5.41, 5.74) is 3.80. The van der Waals surface area contributed by atoms with Crippen molar-refractivity contribution in [3.8, 4) is 0 Å². The second-order valence-electron chi connectivity index (χ2n) is 6.28. The first-order valence-electron chi connectivity index (χ1n) is 8.63. The third-order valence-electron chi connectivity index (χ3n) is 4.24. The molecule has 0 heterocycles. The first-order valence-corrected chi connectivity index (χ1v) is 9.39. The van der Waals surface area contributed by atoms with Crippen LogP contribution in [0.5, 0.6) is 0 Å². The molecule has 138 valence electrons. The zero-order chi connectivity index (χ0) is 19.2. The lowest BCUT2D eigenvalue weighted by Crippen LogP contribution is -2.32. The SMILES string of the molecule is Cc1ccc([C@@H](NCC(=O)Nc2c(Cl)cccc2Cl)c2ccccc2)cc1. The molecule has 0 aliphatic heterocycles. The summed E-state index contributed by atoms with van der Waals surface area (Å²) in [6.07, 6.45) is 0. The van der Waals surface area contributed by atoms with Crippen molar-refractivity contribution >= 4 is 34.8 Å². The molecule has 0 aliphatic carbocycles. The maximum absolute atomic E-state index is 12.4. The van der Waals surface area contributed by atoms with E-state index in [1.54, 1.807) is 18.2 Å². The molecule has 3 aromatic carbocycles. The number of rotatable bonds is 6. The Balaban J connectivity index is 1.75. The summed E-state index contributed by atoms with van der Waals surface area (Å²) in [7, 11) is 0. The van der Waals surface area contributed by atoms with E-state index < -0.39 is 0 Å². The maximum atomic E-state index is 12.4. The van der Waals surface area contributed by atoms with Gasteiger partial charge in [-0.15, -0.1) is 0 Å². The number of nitrogens with one attached hydrogen (secondary N) is 2. The second-order valence-corrected chi connectivity index (χ2v) is 7.09. The van der Waals surface area contributed by atoms with Crippen molar-refractivity contribution in [1.82, 2.24) is 5.32 Å². The zero-order valence-electron chi connectivity index (χ0n) is 14.9. The predicted octanol–water partition coefficient (Wildman–Crippen LogP) is 5.62. The van der Waals surface area contributed by atoms with Crippen LogP contribution in [0.1, 0.15) is 22.7 Å². The van der Waals surface area contributed by atoms with Crippen LogP contribution in [0.3, 0.4) is 0 Å². The van der Waals surface area contributed by atoms with E-state index in [0.717, 1.165) is 11.1 Å². The molecule has 3 rings (SSSR count). The third kappa shape index (κ3) is 5.10. The molecule has 3 aromatic rings. The topological polar surface area (TPSA) is 41.1 Å². The van der Waals surface area contributed by atoms with Crippen LogP contribution >= 0.6 is 23.2 Å². The fourth-order valence-corrected chi connectivity index (χ4v) is 3.32. The number of anilines is 1. The average molecular weight is 399 g/mol. The highest BCUT2D eigenvalue weighted by molar-refractivity contribution is 6.39. The summed E-state index contributed by atoms with van der Waals surface area (Å²) in [5.74, 6) is -0.210. The fourth-order valence-electron chi connectivity index (χ4n) is 2.83. The van der Waals surface area contributed by atoms with Gasteiger partial charge >= 0.3 is 0 Å². The lowest BCUT2D eigenvalue weighted by Gasteiger charge is -2.20. The summed E-state index contributed by atoms with van der Waals surface area (Å²) in [6.45, 7) is 2.17. The van der Waals surface area contributed by atoms with E-state index in [9.17, 15) is 4.79 Å². The molecule has 1 atom stereocenters. The number of amides is 1. The minimum absolute atomic E-state index is 0.0979. The Morgan fingerprint density at radius 3 is 2.07 bits per heavy atom. The molecule has 2 N–H and O–H groups in total. The number of carbonyl (C=O) groups is 1. The van der Waals surface area contributed by atoms with Gasteiger partial charge in [0, 0.05) is 0 Å². The van der Waals surface area contributed by atoms with Crippen LogP contribution in [-0.4, -0.2) is 12.5 Å². The van der Waals surface area contributed by atoms with E-state index in [-0.39, 0.29) is 18.5 Å². The molecule has 0 spiro atoms. The van der Waals surface area contributed by atoms with Crippen LogP contribution in [0, 0.1) is 6.92 Å². The Bertz CT molecular complexity index is 891. The average Bonchev–Trinajstić information content (AvgIpc) is 2.67. The molecule has 1 amide bonds. The van der Waals surface area contributed by atoms with E-state index in [1.165, 1.54) is 5.56 Å². The Hall–Kier alpha value is -2.33. The monoisotopic (exact) mass is 398 g/mol. The molecule has 0 bridgehead atoms. The van der Waals surface area contributed by atoms with Gasteiger partial charge in [-0.3, -0.25) is 10.1 Å². The third-order valence-corrected chi connectivity index (χ3v) is 4.87. The molecule has 3 nitrogen and oxygen atoms in total. The van der Waals surface area contributed by atoms with Crippen molar-refractivity contribution in [2.45, 2.75) is 13.0 Å². The number of hydrogen-bond acceptors (Lipinski definition) is 2. The van der Waals surface area contributed by atoms with Crippen LogP contribution in [0.4, 0.5) is 5.69 Å². The maximum Gasteiger partial charge on any atom is 0.238 e. The van der Waals surface area contributed by atoms with Crippen molar-refractivity contribution in [2.24, 2.45) is 0 Å². The Morgan fingerprint density at radius 1 is 0.852 bits per heavy atom. The molecule has 0 fully saturated rings. The van der Waals surface area contributed by atoms with Gasteiger partial charge in [-0.1, -0.05) is 89.4 Å². The lowest BCUT2D eigenvalue weighted by molar-refractivity contribution is -0.115. The quantitative estimate of drug-likeness (QED) is 0.565. The molecular weight excluding hydrogens is 379 g/mol. The van der Waals surface area contributed by atoms with Crippen molar-refractivity contribution in [3.05, 3.63) is 99.5 Å².